The van der Waals surface area contributed by atoms with E-state index in [0.717, 1.165) is 23.8 Å². The molecule has 1 saturated heterocycles. The third-order valence-corrected chi connectivity index (χ3v) is 9.95. The van der Waals surface area contributed by atoms with Crippen LogP contribution in [-0.4, -0.2) is 76.2 Å². The van der Waals surface area contributed by atoms with Gasteiger partial charge in [0.2, 0.25) is 5.91 Å². The summed E-state index contributed by atoms with van der Waals surface area (Å²) in [6.45, 7) is 7.26. The number of hydrazone groups is 1. The van der Waals surface area contributed by atoms with Gasteiger partial charge in [0.1, 0.15) is 18.1 Å². The molecule has 0 bridgehead atoms. The fourth-order valence-electron chi connectivity index (χ4n) is 6.98. The zero-order chi connectivity index (χ0) is 35.1. The summed E-state index contributed by atoms with van der Waals surface area (Å²) in [5.41, 5.74) is 1.32. The third-order valence-electron chi connectivity index (χ3n) is 9.64. The summed E-state index contributed by atoms with van der Waals surface area (Å²) in [6.07, 6.45) is -0.0769. The monoisotopic (exact) mass is 697 g/mol. The number of amides is 3. The molecular formula is C35H35ClF3N5O5. The SMILES string of the molecule is C=C1N(CC(=O)Nc2ccc(C(F)(F)F)cc2Cl)C2=C(C(=O)N1/N=C(\C)C1=CCOCC1)C1(CC2)CCN(C(=O)c2ccccc2O)CC1. The Labute approximate surface area is 286 Å². The molecule has 3 heterocycles. The predicted octanol–water partition coefficient (Wildman–Crippen LogP) is 6.31. The molecule has 258 valence electrons. The number of hydrogen-bond acceptors (Lipinski definition) is 7. The van der Waals surface area contributed by atoms with E-state index in [-0.39, 0.29) is 46.2 Å². The van der Waals surface area contributed by atoms with Crippen LogP contribution in [0.5, 0.6) is 5.75 Å². The van der Waals surface area contributed by atoms with Gasteiger partial charge in [0, 0.05) is 29.8 Å². The van der Waals surface area contributed by atoms with Gasteiger partial charge in [0.15, 0.2) is 0 Å². The van der Waals surface area contributed by atoms with Gasteiger partial charge in [-0.25, -0.2) is 0 Å². The van der Waals surface area contributed by atoms with E-state index in [1.165, 1.54) is 11.1 Å². The van der Waals surface area contributed by atoms with Gasteiger partial charge in [0.05, 0.1) is 40.8 Å². The van der Waals surface area contributed by atoms with Gasteiger partial charge in [-0.2, -0.15) is 23.3 Å². The fraction of sp³-hybridized carbons (Fsp3) is 0.371. The molecule has 0 saturated carbocycles. The lowest BCUT2D eigenvalue weighted by molar-refractivity contribution is -0.137. The number of aromatic hydroxyl groups is 1. The first-order valence-corrected chi connectivity index (χ1v) is 16.3. The lowest BCUT2D eigenvalue weighted by Crippen LogP contribution is -2.49. The van der Waals surface area contributed by atoms with E-state index < -0.39 is 23.1 Å². The Balaban J connectivity index is 1.29. The topological polar surface area (TPSA) is 115 Å². The van der Waals surface area contributed by atoms with Crippen LogP contribution in [0.1, 0.15) is 54.9 Å². The number of phenols is 1. The molecular weight excluding hydrogens is 663 g/mol. The van der Waals surface area contributed by atoms with Gasteiger partial charge >= 0.3 is 6.18 Å². The number of nitrogens with zero attached hydrogens (tertiary/aromatic N) is 4. The fourth-order valence-corrected chi connectivity index (χ4v) is 7.20. The van der Waals surface area contributed by atoms with Gasteiger partial charge in [-0.05, 0) is 74.9 Å². The number of nitrogens with one attached hydrogen (secondary N) is 1. The van der Waals surface area contributed by atoms with Crippen LogP contribution < -0.4 is 5.32 Å². The average Bonchev–Trinajstić information content (AvgIpc) is 3.44. The van der Waals surface area contributed by atoms with Crippen molar-refractivity contribution in [2.75, 3.05) is 38.2 Å². The van der Waals surface area contributed by atoms with Crippen molar-refractivity contribution in [3.05, 3.63) is 93.9 Å². The number of rotatable bonds is 6. The van der Waals surface area contributed by atoms with E-state index >= 15 is 0 Å². The quantitative estimate of drug-likeness (QED) is 0.342. The van der Waals surface area contributed by atoms with Crippen LogP contribution in [0.25, 0.3) is 0 Å². The number of benzene rings is 2. The zero-order valence-corrected chi connectivity index (χ0v) is 27.5. The first kappa shape index (κ1) is 34.3. The summed E-state index contributed by atoms with van der Waals surface area (Å²) < 4.78 is 44.9. The van der Waals surface area contributed by atoms with Crippen LogP contribution in [0.15, 0.2) is 82.9 Å². The lowest BCUT2D eigenvalue weighted by Gasteiger charge is -2.44. The summed E-state index contributed by atoms with van der Waals surface area (Å²) in [7, 11) is 0. The second kappa shape index (κ2) is 13.4. The molecule has 1 aliphatic carbocycles. The number of likely N-dealkylation sites (tertiary alicyclic amines) is 1. The number of fused-ring (bicyclic) bond motifs is 1. The van der Waals surface area contributed by atoms with Crippen molar-refractivity contribution >= 4 is 40.7 Å². The number of carbonyl (C=O) groups is 3. The Morgan fingerprint density at radius 2 is 1.86 bits per heavy atom. The second-order valence-electron chi connectivity index (χ2n) is 12.5. The van der Waals surface area contributed by atoms with Gasteiger partial charge in [-0.3, -0.25) is 14.4 Å². The maximum absolute atomic E-state index is 14.4. The number of alkyl halides is 3. The molecule has 0 unspecified atom stereocenters. The van der Waals surface area contributed by atoms with Crippen molar-refractivity contribution in [1.82, 2.24) is 14.8 Å². The summed E-state index contributed by atoms with van der Waals surface area (Å²) >= 11 is 6.11. The smallest absolute Gasteiger partial charge is 0.416 e. The molecule has 3 amide bonds. The molecule has 2 aromatic rings. The van der Waals surface area contributed by atoms with Crippen molar-refractivity contribution in [2.24, 2.45) is 10.5 Å². The van der Waals surface area contributed by atoms with E-state index in [1.807, 2.05) is 6.08 Å². The Morgan fingerprint density at radius 1 is 1.12 bits per heavy atom. The van der Waals surface area contributed by atoms with Crippen molar-refractivity contribution < 1.29 is 37.4 Å². The third kappa shape index (κ3) is 6.69. The van der Waals surface area contributed by atoms with Crippen molar-refractivity contribution in [2.45, 2.75) is 45.2 Å². The number of ether oxygens (including phenoxy) is 1. The van der Waals surface area contributed by atoms with E-state index in [2.05, 4.69) is 11.9 Å². The maximum atomic E-state index is 14.4. The van der Waals surface area contributed by atoms with Crippen LogP contribution in [0.4, 0.5) is 18.9 Å². The number of allylic oxidation sites excluding steroid dienone is 1. The number of phenolic OH excluding ortho intramolecular Hbond substituents is 1. The van der Waals surface area contributed by atoms with Crippen molar-refractivity contribution in [1.29, 1.82) is 0 Å². The largest absolute Gasteiger partial charge is 0.507 e. The molecule has 0 aromatic heterocycles. The highest BCUT2D eigenvalue weighted by molar-refractivity contribution is 6.33. The molecule has 6 rings (SSSR count). The molecule has 1 spiro atoms. The molecule has 1 fully saturated rings. The van der Waals surface area contributed by atoms with Crippen LogP contribution in [0.3, 0.4) is 0 Å². The molecule has 14 heteroatoms. The lowest BCUT2D eigenvalue weighted by atomic mass is 9.72. The van der Waals surface area contributed by atoms with Crippen LogP contribution >= 0.6 is 11.6 Å². The van der Waals surface area contributed by atoms with E-state index in [9.17, 15) is 32.7 Å². The first-order valence-electron chi connectivity index (χ1n) is 15.9. The van der Waals surface area contributed by atoms with Crippen LogP contribution in [0, 0.1) is 5.41 Å². The minimum atomic E-state index is -4.60. The Bertz CT molecular complexity index is 1810. The molecule has 10 nitrogen and oxygen atoms in total. The van der Waals surface area contributed by atoms with Gasteiger partial charge in [-0.15, -0.1) is 0 Å². The van der Waals surface area contributed by atoms with Gasteiger partial charge in [0.25, 0.3) is 11.8 Å². The molecule has 4 aliphatic rings. The number of carbonyl (C=O) groups excluding carboxylic acids is 3. The first-order chi connectivity index (χ1) is 23.3. The van der Waals surface area contributed by atoms with Crippen LogP contribution in [-0.2, 0) is 20.5 Å². The normalized spacial score (nSPS) is 19.7. The summed E-state index contributed by atoms with van der Waals surface area (Å²) in [5, 5.41) is 18.5. The molecule has 2 aromatic carbocycles. The standard InChI is InChI=1S/C35H35ClF3N5O5/c1-21(23-10-17-49-18-11-23)41-44-22(2)43(20-30(46)40-27-8-7-24(19-26(27)36)35(37,38)39)28-9-12-34(31(28)33(44)48)13-15-42(16-14-34)32(47)25-5-3-4-6-29(25)45/h3-8,10,19,45H,2,9,11-18,20H2,1H3,(H,40,46)/b41-21+. The minimum Gasteiger partial charge on any atom is -0.507 e. The number of halogens is 4. The van der Waals surface area contributed by atoms with Crippen molar-refractivity contribution in [3.8, 4) is 5.75 Å². The number of para-hydroxylation sites is 1. The highest BCUT2D eigenvalue weighted by Crippen LogP contribution is 2.54. The van der Waals surface area contributed by atoms with E-state index in [1.54, 1.807) is 34.9 Å². The number of piperidine rings is 1. The van der Waals surface area contributed by atoms with Crippen LogP contribution in [0.2, 0.25) is 5.02 Å². The Hall–Kier alpha value is -4.62. The van der Waals surface area contributed by atoms with Gasteiger partial charge in [-0.1, -0.05) is 36.4 Å². The van der Waals surface area contributed by atoms with E-state index in [4.69, 9.17) is 21.4 Å². The average molecular weight is 698 g/mol. The second-order valence-corrected chi connectivity index (χ2v) is 12.9. The maximum Gasteiger partial charge on any atom is 0.416 e. The zero-order valence-electron chi connectivity index (χ0n) is 26.8. The minimum absolute atomic E-state index is 0.00845. The molecule has 0 atom stereocenters. The number of anilines is 1. The predicted molar refractivity (Wildman–Crippen MR) is 176 cm³/mol. The summed E-state index contributed by atoms with van der Waals surface area (Å²) in [5.74, 6) is -1.17. The molecule has 2 N–H and O–H groups in total. The molecule has 0 radical (unpaired) electrons. The summed E-state index contributed by atoms with van der Waals surface area (Å²) in [4.78, 5) is 44.4. The van der Waals surface area contributed by atoms with E-state index in [0.29, 0.717) is 75.4 Å². The molecule has 3 aliphatic heterocycles. The number of hydrogen-bond donors (Lipinski definition) is 2. The Morgan fingerprint density at radius 3 is 2.51 bits per heavy atom. The highest BCUT2D eigenvalue weighted by atomic mass is 35.5. The van der Waals surface area contributed by atoms with Gasteiger partial charge < -0.3 is 25.0 Å². The highest BCUT2D eigenvalue weighted by Gasteiger charge is 2.52. The summed E-state index contributed by atoms with van der Waals surface area (Å²) in [6, 6.07) is 9.04. The molecule has 49 heavy (non-hydrogen) atoms. The van der Waals surface area contributed by atoms with Crippen molar-refractivity contribution in [3.63, 3.8) is 0 Å². The Kier molecular flexibility index (Phi) is 9.34.